The zero-order valence-electron chi connectivity index (χ0n) is 18.2. The maximum absolute atomic E-state index is 12.6. The van der Waals surface area contributed by atoms with Gasteiger partial charge in [0, 0.05) is 44.3 Å². The minimum absolute atomic E-state index is 0. The van der Waals surface area contributed by atoms with Gasteiger partial charge in [0.05, 0.1) is 6.54 Å². The van der Waals surface area contributed by atoms with Crippen LogP contribution in [0.25, 0.3) is 0 Å². The molecule has 1 aromatic rings. The Hall–Kier alpha value is -1.23. The van der Waals surface area contributed by atoms with Crippen LogP contribution in [0, 0.1) is 0 Å². The zero-order chi connectivity index (χ0) is 20.8. The summed E-state index contributed by atoms with van der Waals surface area (Å²) in [4.78, 5) is 23.0. The minimum atomic E-state index is -0.526. The van der Waals surface area contributed by atoms with Crippen LogP contribution >= 0.6 is 35.7 Å². The van der Waals surface area contributed by atoms with E-state index in [1.54, 1.807) is 29.1 Å². The Labute approximate surface area is 196 Å². The quantitative estimate of drug-likeness (QED) is 0.205. The van der Waals surface area contributed by atoms with E-state index in [-0.39, 0.29) is 30.1 Å². The Balaban J connectivity index is 0.00000784. The molecule has 1 aromatic heterocycles. The van der Waals surface area contributed by atoms with Gasteiger partial charge in [-0.05, 0) is 52.0 Å². The highest BCUT2D eigenvalue weighted by molar-refractivity contribution is 14.0. The van der Waals surface area contributed by atoms with Crippen molar-refractivity contribution in [2.24, 2.45) is 4.99 Å². The summed E-state index contributed by atoms with van der Waals surface area (Å²) in [5, 5.41) is 6.55. The lowest BCUT2D eigenvalue weighted by Crippen LogP contribution is -2.39. The molecule has 0 aliphatic heterocycles. The number of aliphatic imine (C=N–C) groups is 1. The Bertz CT molecular complexity index is 596. The topological polar surface area (TPSA) is 78.9 Å². The number of nitrogens with zero attached hydrogens (tertiary/aromatic N) is 3. The van der Waals surface area contributed by atoms with Crippen LogP contribution in [0.2, 0.25) is 0 Å². The van der Waals surface area contributed by atoms with Crippen molar-refractivity contribution in [3.8, 4) is 0 Å². The Morgan fingerprint density at radius 2 is 2.10 bits per heavy atom. The SMILES string of the molecule is CCNC(=NCCCN(Cc1cccnc1)C(=O)OC(C)(C)C)NCCSC.I. The van der Waals surface area contributed by atoms with Gasteiger partial charge in [-0.15, -0.1) is 24.0 Å². The molecule has 9 heteroatoms. The third kappa shape index (κ3) is 13.6. The molecule has 7 nitrogen and oxygen atoms in total. The fourth-order valence-corrected chi connectivity index (χ4v) is 2.65. The predicted octanol–water partition coefficient (Wildman–Crippen LogP) is 3.74. The summed E-state index contributed by atoms with van der Waals surface area (Å²) in [6.07, 6.45) is 6.01. The monoisotopic (exact) mass is 537 g/mol. The molecule has 0 unspecified atom stereocenters. The van der Waals surface area contributed by atoms with Crippen molar-refractivity contribution in [2.45, 2.75) is 46.3 Å². The number of carbonyl (C=O) groups excluding carboxylic acids is 1. The van der Waals surface area contributed by atoms with Crippen LogP contribution in [0.4, 0.5) is 4.79 Å². The first-order valence-electron chi connectivity index (χ1n) is 9.73. The van der Waals surface area contributed by atoms with Crippen molar-refractivity contribution in [2.75, 3.05) is 38.2 Å². The van der Waals surface area contributed by atoms with E-state index in [1.807, 2.05) is 39.8 Å². The number of ether oxygens (including phenoxy) is 1. The second kappa shape index (κ2) is 15.6. The Morgan fingerprint density at radius 3 is 2.69 bits per heavy atom. The fourth-order valence-electron chi connectivity index (χ4n) is 2.34. The van der Waals surface area contributed by atoms with Crippen molar-refractivity contribution in [3.63, 3.8) is 0 Å². The first kappa shape index (κ1) is 27.8. The molecule has 1 heterocycles. The smallest absolute Gasteiger partial charge is 0.410 e. The van der Waals surface area contributed by atoms with E-state index in [0.717, 1.165) is 36.8 Å². The van der Waals surface area contributed by atoms with E-state index in [1.165, 1.54) is 0 Å². The fraction of sp³-hybridized carbons (Fsp3) is 0.650. The van der Waals surface area contributed by atoms with E-state index in [4.69, 9.17) is 4.74 Å². The average Bonchev–Trinajstić information content (AvgIpc) is 2.63. The second-order valence-electron chi connectivity index (χ2n) is 7.30. The van der Waals surface area contributed by atoms with Gasteiger partial charge in [-0.25, -0.2) is 4.79 Å². The summed E-state index contributed by atoms with van der Waals surface area (Å²) in [5.41, 5.74) is 0.450. The minimum Gasteiger partial charge on any atom is -0.444 e. The molecule has 0 saturated heterocycles. The van der Waals surface area contributed by atoms with E-state index in [2.05, 4.69) is 26.9 Å². The Kier molecular flexibility index (Phi) is 14.9. The lowest BCUT2D eigenvalue weighted by atomic mass is 10.2. The zero-order valence-corrected chi connectivity index (χ0v) is 21.4. The molecule has 1 amide bonds. The number of hydrogen-bond donors (Lipinski definition) is 2. The predicted molar refractivity (Wildman–Crippen MR) is 133 cm³/mol. The van der Waals surface area contributed by atoms with E-state index >= 15 is 0 Å². The highest BCUT2D eigenvalue weighted by atomic mass is 127. The maximum Gasteiger partial charge on any atom is 0.410 e. The summed E-state index contributed by atoms with van der Waals surface area (Å²) in [5.74, 6) is 1.84. The largest absolute Gasteiger partial charge is 0.444 e. The number of amides is 1. The number of nitrogens with one attached hydrogen (secondary N) is 2. The van der Waals surface area contributed by atoms with E-state index in [0.29, 0.717) is 19.6 Å². The van der Waals surface area contributed by atoms with E-state index in [9.17, 15) is 4.79 Å². The van der Waals surface area contributed by atoms with Crippen molar-refractivity contribution >= 4 is 47.8 Å². The van der Waals surface area contributed by atoms with Crippen LogP contribution in [-0.4, -0.2) is 65.7 Å². The average molecular weight is 538 g/mol. The van der Waals surface area contributed by atoms with Gasteiger partial charge in [0.1, 0.15) is 5.60 Å². The molecule has 0 radical (unpaired) electrons. The third-order valence-corrected chi connectivity index (χ3v) is 4.16. The van der Waals surface area contributed by atoms with Crippen molar-refractivity contribution in [3.05, 3.63) is 30.1 Å². The standard InChI is InChI=1S/C20H35N5O2S.HI/c1-6-22-18(24-12-14-28-5)23-11-8-13-25(19(26)27-20(2,3)4)16-17-9-7-10-21-15-17;/h7,9-10,15H,6,8,11-14,16H2,1-5H3,(H2,22,23,24);1H. The van der Waals surface area contributed by atoms with Crippen molar-refractivity contribution in [1.29, 1.82) is 0 Å². The molecule has 166 valence electrons. The number of carbonyl (C=O) groups is 1. The number of hydrogen-bond acceptors (Lipinski definition) is 5. The number of thioether (sulfide) groups is 1. The molecule has 29 heavy (non-hydrogen) atoms. The second-order valence-corrected chi connectivity index (χ2v) is 8.28. The van der Waals surface area contributed by atoms with Gasteiger partial charge in [-0.1, -0.05) is 6.07 Å². The normalized spacial score (nSPS) is 11.4. The summed E-state index contributed by atoms with van der Waals surface area (Å²) in [6.45, 7) is 11.0. The molecule has 0 saturated carbocycles. The summed E-state index contributed by atoms with van der Waals surface area (Å²) < 4.78 is 5.56. The number of pyridine rings is 1. The number of aromatic nitrogens is 1. The van der Waals surface area contributed by atoms with Crippen LogP contribution in [0.15, 0.2) is 29.5 Å². The molecule has 2 N–H and O–H groups in total. The molecular formula is C20H36IN5O2S. The molecule has 1 rings (SSSR count). The van der Waals surface area contributed by atoms with Gasteiger partial charge < -0.3 is 20.3 Å². The Morgan fingerprint density at radius 1 is 1.34 bits per heavy atom. The van der Waals surface area contributed by atoms with Gasteiger partial charge >= 0.3 is 6.09 Å². The van der Waals surface area contributed by atoms with Crippen LogP contribution < -0.4 is 10.6 Å². The third-order valence-electron chi connectivity index (χ3n) is 3.55. The van der Waals surface area contributed by atoms with Crippen molar-refractivity contribution < 1.29 is 9.53 Å². The van der Waals surface area contributed by atoms with Crippen LogP contribution in [0.3, 0.4) is 0 Å². The molecule has 0 aliphatic rings. The summed E-state index contributed by atoms with van der Waals surface area (Å²) >= 11 is 1.79. The van der Waals surface area contributed by atoms with E-state index < -0.39 is 5.60 Å². The molecule has 0 atom stereocenters. The van der Waals surface area contributed by atoms with Gasteiger partial charge in [-0.2, -0.15) is 11.8 Å². The molecule has 0 fully saturated rings. The number of guanidine groups is 1. The van der Waals surface area contributed by atoms with Crippen LogP contribution in [-0.2, 0) is 11.3 Å². The molecule has 0 spiro atoms. The first-order chi connectivity index (χ1) is 13.4. The molecule has 0 bridgehead atoms. The highest BCUT2D eigenvalue weighted by Gasteiger charge is 2.22. The van der Waals surface area contributed by atoms with Gasteiger partial charge in [0.25, 0.3) is 0 Å². The molecule has 0 aromatic carbocycles. The van der Waals surface area contributed by atoms with Crippen molar-refractivity contribution in [1.82, 2.24) is 20.5 Å². The number of halogens is 1. The van der Waals surface area contributed by atoms with Gasteiger partial charge in [0.15, 0.2) is 5.96 Å². The lowest BCUT2D eigenvalue weighted by Gasteiger charge is -2.27. The molecular weight excluding hydrogens is 501 g/mol. The lowest BCUT2D eigenvalue weighted by molar-refractivity contribution is 0.0232. The summed E-state index contributed by atoms with van der Waals surface area (Å²) in [7, 11) is 0. The number of rotatable bonds is 10. The maximum atomic E-state index is 12.6. The van der Waals surface area contributed by atoms with Crippen LogP contribution in [0.1, 0.15) is 39.7 Å². The first-order valence-corrected chi connectivity index (χ1v) is 11.1. The van der Waals surface area contributed by atoms with Crippen LogP contribution in [0.5, 0.6) is 0 Å². The summed E-state index contributed by atoms with van der Waals surface area (Å²) in [6, 6.07) is 3.83. The molecule has 0 aliphatic carbocycles. The highest BCUT2D eigenvalue weighted by Crippen LogP contribution is 2.13. The van der Waals surface area contributed by atoms with Gasteiger partial charge in [0.2, 0.25) is 0 Å². The van der Waals surface area contributed by atoms with Gasteiger partial charge in [-0.3, -0.25) is 9.98 Å².